The average molecular weight is 156 g/mol. The summed E-state index contributed by atoms with van der Waals surface area (Å²) in [5, 5.41) is 0. The van der Waals surface area contributed by atoms with Crippen LogP contribution in [0.3, 0.4) is 0 Å². The third-order valence-corrected chi connectivity index (χ3v) is 1.91. The smallest absolute Gasteiger partial charge is 0.110 e. The van der Waals surface area contributed by atoms with Gasteiger partial charge in [0.2, 0.25) is 0 Å². The topological polar surface area (TPSA) is 17.3 Å². The minimum atomic E-state index is 0.887. The lowest BCUT2D eigenvalue weighted by molar-refractivity contribution is 1.04. The molecule has 58 valence electrons. The van der Waals surface area contributed by atoms with E-state index in [0.717, 1.165) is 16.9 Å². The molecule has 2 heterocycles. The molecule has 0 N–H and O–H groups in total. The van der Waals surface area contributed by atoms with E-state index in [9.17, 15) is 0 Å². The van der Waals surface area contributed by atoms with Gasteiger partial charge in [-0.3, -0.25) is 0 Å². The van der Waals surface area contributed by atoms with Crippen molar-refractivity contribution >= 4 is 5.52 Å². The summed E-state index contributed by atoms with van der Waals surface area (Å²) in [5.74, 6) is 3.58. The Kier molecular flexibility index (Phi) is 1.38. The van der Waals surface area contributed by atoms with Crippen LogP contribution < -0.4 is 0 Å². The minimum absolute atomic E-state index is 0.887. The fraction of sp³-hybridized carbons (Fsp3) is 0.100. The Bertz CT molecular complexity index is 460. The van der Waals surface area contributed by atoms with Gasteiger partial charge in [0.1, 0.15) is 5.82 Å². The van der Waals surface area contributed by atoms with Crippen LogP contribution in [0.1, 0.15) is 11.4 Å². The minimum Gasteiger partial charge on any atom is -0.303 e. The van der Waals surface area contributed by atoms with Crippen molar-refractivity contribution in [3.05, 3.63) is 35.9 Å². The molecular formula is C10H8N2. The summed E-state index contributed by atoms with van der Waals surface area (Å²) in [6, 6.07) is 3.84. The standard InChI is InChI=1S/C10H8N2/c1-3-9-5-4-6-12-8(2)11-7-10(9)12/h1,4-7H,2H3. The molecule has 2 rings (SSSR count). The summed E-state index contributed by atoms with van der Waals surface area (Å²) >= 11 is 0. The van der Waals surface area contributed by atoms with E-state index < -0.39 is 0 Å². The van der Waals surface area contributed by atoms with Gasteiger partial charge in [-0.05, 0) is 19.1 Å². The van der Waals surface area contributed by atoms with Crippen LogP contribution in [0.5, 0.6) is 0 Å². The van der Waals surface area contributed by atoms with E-state index in [0.29, 0.717) is 0 Å². The summed E-state index contributed by atoms with van der Waals surface area (Å²) in [7, 11) is 0. The molecule has 0 saturated carbocycles. The maximum absolute atomic E-state index is 5.33. The summed E-state index contributed by atoms with van der Waals surface area (Å²) in [4.78, 5) is 4.17. The molecule has 2 heteroatoms. The SMILES string of the molecule is C#Cc1cccn2c(C)ncc12. The van der Waals surface area contributed by atoms with Gasteiger partial charge in [0.05, 0.1) is 11.7 Å². The van der Waals surface area contributed by atoms with Gasteiger partial charge in [0.25, 0.3) is 0 Å². The fourth-order valence-electron chi connectivity index (χ4n) is 1.27. The number of hydrogen-bond acceptors (Lipinski definition) is 1. The van der Waals surface area contributed by atoms with Crippen molar-refractivity contribution in [1.29, 1.82) is 0 Å². The van der Waals surface area contributed by atoms with Gasteiger partial charge < -0.3 is 4.40 Å². The first-order valence-corrected chi connectivity index (χ1v) is 3.72. The van der Waals surface area contributed by atoms with Crippen molar-refractivity contribution in [2.75, 3.05) is 0 Å². The highest BCUT2D eigenvalue weighted by Crippen LogP contribution is 2.10. The Morgan fingerprint density at radius 3 is 3.17 bits per heavy atom. The van der Waals surface area contributed by atoms with E-state index in [2.05, 4.69) is 10.9 Å². The van der Waals surface area contributed by atoms with Gasteiger partial charge in [-0.2, -0.15) is 0 Å². The second-order valence-electron chi connectivity index (χ2n) is 2.63. The molecule has 0 bridgehead atoms. The quantitative estimate of drug-likeness (QED) is 0.530. The second-order valence-corrected chi connectivity index (χ2v) is 2.63. The Balaban J connectivity index is 2.92. The Labute approximate surface area is 70.9 Å². The number of pyridine rings is 1. The molecule has 0 aromatic carbocycles. The monoisotopic (exact) mass is 156 g/mol. The maximum Gasteiger partial charge on any atom is 0.110 e. The molecule has 0 aliphatic carbocycles. The molecule has 2 nitrogen and oxygen atoms in total. The summed E-state index contributed by atoms with van der Waals surface area (Å²) in [6.45, 7) is 1.95. The number of aromatic nitrogens is 2. The number of nitrogens with zero attached hydrogens (tertiary/aromatic N) is 2. The lowest BCUT2D eigenvalue weighted by Crippen LogP contribution is -1.88. The van der Waals surface area contributed by atoms with Crippen molar-refractivity contribution in [3.63, 3.8) is 0 Å². The van der Waals surface area contributed by atoms with Gasteiger partial charge >= 0.3 is 0 Å². The van der Waals surface area contributed by atoms with Crippen LogP contribution >= 0.6 is 0 Å². The Hall–Kier alpha value is -1.75. The van der Waals surface area contributed by atoms with E-state index in [1.807, 2.05) is 29.7 Å². The van der Waals surface area contributed by atoms with E-state index in [1.54, 1.807) is 6.20 Å². The zero-order valence-corrected chi connectivity index (χ0v) is 6.78. The average Bonchev–Trinajstić information content (AvgIpc) is 2.48. The molecule has 0 aliphatic heterocycles. The lowest BCUT2D eigenvalue weighted by Gasteiger charge is -1.96. The van der Waals surface area contributed by atoms with Crippen molar-refractivity contribution in [2.45, 2.75) is 6.92 Å². The molecule has 0 radical (unpaired) electrons. The molecule has 0 aliphatic rings. The van der Waals surface area contributed by atoms with Gasteiger partial charge in [-0.1, -0.05) is 5.92 Å². The number of imidazole rings is 1. The largest absolute Gasteiger partial charge is 0.303 e. The van der Waals surface area contributed by atoms with E-state index in [-0.39, 0.29) is 0 Å². The molecule has 0 unspecified atom stereocenters. The van der Waals surface area contributed by atoms with Crippen LogP contribution in [-0.4, -0.2) is 9.38 Å². The number of hydrogen-bond donors (Lipinski definition) is 0. The van der Waals surface area contributed by atoms with E-state index in [1.165, 1.54) is 0 Å². The van der Waals surface area contributed by atoms with Crippen LogP contribution in [0.25, 0.3) is 5.52 Å². The molecule has 2 aromatic rings. The van der Waals surface area contributed by atoms with Crippen LogP contribution in [0, 0.1) is 19.3 Å². The van der Waals surface area contributed by atoms with Crippen LogP contribution in [0.4, 0.5) is 0 Å². The first kappa shape index (κ1) is 6.93. The molecule has 0 amide bonds. The predicted octanol–water partition coefficient (Wildman–Crippen LogP) is 1.62. The molecule has 0 saturated heterocycles. The van der Waals surface area contributed by atoms with Gasteiger partial charge in [0, 0.05) is 11.8 Å². The first-order chi connectivity index (χ1) is 5.83. The Morgan fingerprint density at radius 1 is 1.58 bits per heavy atom. The molecule has 0 fully saturated rings. The first-order valence-electron chi connectivity index (χ1n) is 3.72. The van der Waals surface area contributed by atoms with E-state index in [4.69, 9.17) is 6.42 Å². The zero-order valence-electron chi connectivity index (χ0n) is 6.78. The highest BCUT2D eigenvalue weighted by Gasteiger charge is 2.00. The van der Waals surface area contributed by atoms with Crippen molar-refractivity contribution in [1.82, 2.24) is 9.38 Å². The number of fused-ring (bicyclic) bond motifs is 1. The van der Waals surface area contributed by atoms with Gasteiger partial charge in [-0.25, -0.2) is 4.98 Å². The van der Waals surface area contributed by atoms with Gasteiger partial charge in [-0.15, -0.1) is 6.42 Å². The second kappa shape index (κ2) is 2.38. The van der Waals surface area contributed by atoms with Crippen molar-refractivity contribution < 1.29 is 0 Å². The summed E-state index contributed by atoms with van der Waals surface area (Å²) in [6.07, 6.45) is 9.09. The third kappa shape index (κ3) is 0.802. The third-order valence-electron chi connectivity index (χ3n) is 1.91. The fourth-order valence-corrected chi connectivity index (χ4v) is 1.27. The van der Waals surface area contributed by atoms with Crippen molar-refractivity contribution in [3.8, 4) is 12.3 Å². The Morgan fingerprint density at radius 2 is 2.42 bits per heavy atom. The molecule has 12 heavy (non-hydrogen) atoms. The van der Waals surface area contributed by atoms with Crippen LogP contribution in [0.2, 0.25) is 0 Å². The highest BCUT2D eigenvalue weighted by atomic mass is 15.0. The van der Waals surface area contributed by atoms with Crippen LogP contribution in [-0.2, 0) is 0 Å². The molecule has 0 atom stereocenters. The summed E-state index contributed by atoms with van der Waals surface area (Å²) < 4.78 is 1.98. The highest BCUT2D eigenvalue weighted by molar-refractivity contribution is 5.60. The molecule has 0 spiro atoms. The molecular weight excluding hydrogens is 148 g/mol. The van der Waals surface area contributed by atoms with Crippen LogP contribution in [0.15, 0.2) is 24.5 Å². The number of aryl methyl sites for hydroxylation is 1. The van der Waals surface area contributed by atoms with Crippen molar-refractivity contribution in [2.24, 2.45) is 0 Å². The van der Waals surface area contributed by atoms with Gasteiger partial charge in [0.15, 0.2) is 0 Å². The summed E-state index contributed by atoms with van der Waals surface area (Å²) in [5.41, 5.74) is 1.88. The normalized spacial score (nSPS) is 10.0. The number of rotatable bonds is 0. The number of terminal acetylenes is 1. The zero-order chi connectivity index (χ0) is 8.55. The maximum atomic E-state index is 5.33. The molecule has 2 aromatic heterocycles. The van der Waals surface area contributed by atoms with E-state index >= 15 is 0 Å². The lowest BCUT2D eigenvalue weighted by atomic mass is 10.2. The predicted molar refractivity (Wildman–Crippen MR) is 47.9 cm³/mol.